The highest BCUT2D eigenvalue weighted by Gasteiger charge is 2.41. The first-order valence-corrected chi connectivity index (χ1v) is 7.00. The van der Waals surface area contributed by atoms with Crippen molar-refractivity contribution < 1.29 is 13.9 Å². The number of halogens is 2. The van der Waals surface area contributed by atoms with Gasteiger partial charge in [0.05, 0.1) is 11.6 Å². The Balaban J connectivity index is 3.38. The topological polar surface area (TPSA) is 29.5 Å². The van der Waals surface area contributed by atoms with E-state index in [2.05, 4.69) is 15.9 Å². The van der Waals surface area contributed by atoms with Crippen LogP contribution in [0.2, 0.25) is 0 Å². The summed E-state index contributed by atoms with van der Waals surface area (Å²) in [5, 5.41) is 0. The number of carbonyl (C=O) groups excluding carboxylic acids is 1. The second-order valence-corrected chi connectivity index (χ2v) is 5.22. The number of esters is 1. The molecule has 5 heteroatoms. The van der Waals surface area contributed by atoms with Crippen LogP contribution in [0.4, 0.5) is 4.39 Å². The number of carbonyl (C=O) groups is 1. The van der Waals surface area contributed by atoms with Crippen LogP contribution in [0, 0.1) is 5.82 Å². The molecule has 0 saturated carbocycles. The van der Waals surface area contributed by atoms with Crippen LogP contribution in [-0.2, 0) is 15.1 Å². The van der Waals surface area contributed by atoms with Gasteiger partial charge in [0.15, 0.2) is 0 Å². The van der Waals surface area contributed by atoms with Gasteiger partial charge in [-0.2, -0.15) is 0 Å². The van der Waals surface area contributed by atoms with Crippen LogP contribution in [0.15, 0.2) is 22.7 Å². The third-order valence-electron chi connectivity index (χ3n) is 3.46. The molecule has 0 bridgehead atoms. The summed E-state index contributed by atoms with van der Waals surface area (Å²) in [7, 11) is 1.36. The molecule has 0 saturated heterocycles. The highest BCUT2D eigenvalue weighted by Crippen LogP contribution is 2.32. The zero-order valence-corrected chi connectivity index (χ0v) is 13.3. The van der Waals surface area contributed by atoms with Crippen molar-refractivity contribution in [3.63, 3.8) is 0 Å². The number of hydrogen-bond donors (Lipinski definition) is 0. The maximum absolute atomic E-state index is 13.4. The number of rotatable bonds is 5. The van der Waals surface area contributed by atoms with Crippen LogP contribution in [-0.4, -0.2) is 31.1 Å². The number of methoxy groups -OCH3 is 1. The van der Waals surface area contributed by atoms with E-state index in [0.29, 0.717) is 23.1 Å². The summed E-state index contributed by atoms with van der Waals surface area (Å²) in [6, 6.07) is 4.60. The molecule has 0 heterocycles. The second-order valence-electron chi connectivity index (χ2n) is 4.36. The van der Waals surface area contributed by atoms with E-state index in [1.165, 1.54) is 13.2 Å². The number of likely N-dealkylation sites (N-methyl/N-ethyl adjacent to an activating group) is 1. The van der Waals surface area contributed by atoms with Gasteiger partial charge in [0.1, 0.15) is 11.4 Å². The largest absolute Gasteiger partial charge is 0.467 e. The van der Waals surface area contributed by atoms with E-state index in [1.54, 1.807) is 19.1 Å². The van der Waals surface area contributed by atoms with Crippen LogP contribution in [0.1, 0.15) is 26.3 Å². The Morgan fingerprint density at radius 3 is 2.42 bits per heavy atom. The van der Waals surface area contributed by atoms with Gasteiger partial charge in [0, 0.05) is 0 Å². The van der Waals surface area contributed by atoms with Crippen molar-refractivity contribution in [3.8, 4) is 0 Å². The van der Waals surface area contributed by atoms with Crippen LogP contribution >= 0.6 is 15.9 Å². The van der Waals surface area contributed by atoms with Crippen molar-refractivity contribution in [2.75, 3.05) is 20.2 Å². The smallest absolute Gasteiger partial charge is 0.330 e. The number of ether oxygens (including phenoxy) is 1. The lowest BCUT2D eigenvalue weighted by Crippen LogP contribution is -2.50. The molecule has 3 nitrogen and oxygen atoms in total. The van der Waals surface area contributed by atoms with Gasteiger partial charge in [-0.15, -0.1) is 0 Å². The van der Waals surface area contributed by atoms with Crippen LogP contribution in [0.5, 0.6) is 0 Å². The molecule has 1 atom stereocenters. The summed E-state index contributed by atoms with van der Waals surface area (Å²) in [6.07, 6.45) is 0. The quantitative estimate of drug-likeness (QED) is 0.775. The molecule has 0 N–H and O–H groups in total. The molecule has 1 aromatic rings. The van der Waals surface area contributed by atoms with Crippen molar-refractivity contribution >= 4 is 21.9 Å². The highest BCUT2D eigenvalue weighted by atomic mass is 79.9. The summed E-state index contributed by atoms with van der Waals surface area (Å²) in [4.78, 5) is 14.2. The lowest BCUT2D eigenvalue weighted by molar-refractivity contribution is -0.155. The molecule has 19 heavy (non-hydrogen) atoms. The Morgan fingerprint density at radius 1 is 1.42 bits per heavy atom. The molecular formula is C14H19BrFNO2. The fourth-order valence-electron chi connectivity index (χ4n) is 2.28. The van der Waals surface area contributed by atoms with Gasteiger partial charge in [0.2, 0.25) is 0 Å². The Kier molecular flexibility index (Phi) is 5.50. The first-order valence-electron chi connectivity index (χ1n) is 6.20. The van der Waals surface area contributed by atoms with Crippen molar-refractivity contribution in [2.24, 2.45) is 0 Å². The molecule has 0 spiro atoms. The zero-order valence-electron chi connectivity index (χ0n) is 11.7. The molecule has 106 valence electrons. The van der Waals surface area contributed by atoms with Crippen molar-refractivity contribution in [2.45, 2.75) is 26.3 Å². The Hall–Kier alpha value is -0.940. The molecule has 1 aromatic carbocycles. The molecular weight excluding hydrogens is 313 g/mol. The van der Waals surface area contributed by atoms with E-state index < -0.39 is 5.54 Å². The van der Waals surface area contributed by atoms with Crippen LogP contribution < -0.4 is 0 Å². The molecule has 0 radical (unpaired) electrons. The summed E-state index contributed by atoms with van der Waals surface area (Å²) in [6.45, 7) is 7.13. The predicted molar refractivity (Wildman–Crippen MR) is 76.4 cm³/mol. The highest BCUT2D eigenvalue weighted by molar-refractivity contribution is 9.10. The first-order chi connectivity index (χ1) is 8.91. The standard InChI is InChI=1S/C14H19BrFNO2/c1-5-17(6-2)14(3,13(18)19-4)10-7-8-12(16)11(15)9-10/h7-9H,5-6H2,1-4H3. The molecule has 1 unspecified atom stereocenters. The number of benzene rings is 1. The first kappa shape index (κ1) is 16.1. The van der Waals surface area contributed by atoms with E-state index >= 15 is 0 Å². The van der Waals surface area contributed by atoms with Gasteiger partial charge in [0.25, 0.3) is 0 Å². The fraction of sp³-hybridized carbons (Fsp3) is 0.500. The predicted octanol–water partition coefficient (Wildman–Crippen LogP) is 3.32. The van der Waals surface area contributed by atoms with Gasteiger partial charge in [-0.1, -0.05) is 19.9 Å². The molecule has 0 fully saturated rings. The van der Waals surface area contributed by atoms with E-state index in [0.717, 1.165) is 0 Å². The fourth-order valence-corrected chi connectivity index (χ4v) is 2.66. The summed E-state index contributed by atoms with van der Waals surface area (Å²) in [5.74, 6) is -0.703. The minimum absolute atomic E-state index is 0.340. The summed E-state index contributed by atoms with van der Waals surface area (Å²) < 4.78 is 18.6. The minimum atomic E-state index is -0.922. The van der Waals surface area contributed by atoms with Gasteiger partial charge >= 0.3 is 5.97 Å². The average Bonchev–Trinajstić information content (AvgIpc) is 2.41. The Morgan fingerprint density at radius 2 is 2.00 bits per heavy atom. The summed E-state index contributed by atoms with van der Waals surface area (Å²) >= 11 is 3.16. The Bertz CT molecular complexity index is 463. The monoisotopic (exact) mass is 331 g/mol. The van der Waals surface area contributed by atoms with Crippen molar-refractivity contribution in [1.29, 1.82) is 0 Å². The van der Waals surface area contributed by atoms with Gasteiger partial charge in [-0.25, -0.2) is 9.18 Å². The molecule has 0 aromatic heterocycles. The Labute approximate surface area is 121 Å². The van der Waals surface area contributed by atoms with Crippen LogP contribution in [0.25, 0.3) is 0 Å². The average molecular weight is 332 g/mol. The van der Waals surface area contributed by atoms with Crippen LogP contribution in [0.3, 0.4) is 0 Å². The van der Waals surface area contributed by atoms with Gasteiger partial charge in [-0.3, -0.25) is 4.90 Å². The van der Waals surface area contributed by atoms with Gasteiger partial charge in [-0.05, 0) is 53.6 Å². The zero-order chi connectivity index (χ0) is 14.6. The molecule has 0 aliphatic carbocycles. The van der Waals surface area contributed by atoms with Crippen molar-refractivity contribution in [1.82, 2.24) is 4.90 Å². The normalized spacial score (nSPS) is 14.3. The van der Waals surface area contributed by atoms with E-state index in [-0.39, 0.29) is 11.8 Å². The third-order valence-corrected chi connectivity index (χ3v) is 4.07. The molecule has 1 rings (SSSR count). The molecule has 0 amide bonds. The molecule has 0 aliphatic heterocycles. The SMILES string of the molecule is CCN(CC)C(C)(C(=O)OC)c1ccc(F)c(Br)c1. The number of hydrogen-bond acceptors (Lipinski definition) is 3. The maximum atomic E-state index is 13.4. The summed E-state index contributed by atoms with van der Waals surface area (Å²) in [5.41, 5.74) is -0.217. The molecule has 0 aliphatic rings. The van der Waals surface area contributed by atoms with E-state index in [9.17, 15) is 9.18 Å². The van der Waals surface area contributed by atoms with Crippen molar-refractivity contribution in [3.05, 3.63) is 34.1 Å². The van der Waals surface area contributed by atoms with E-state index in [1.807, 2.05) is 18.7 Å². The lowest BCUT2D eigenvalue weighted by Gasteiger charge is -2.38. The second kappa shape index (κ2) is 6.48. The number of nitrogens with zero attached hydrogens (tertiary/aromatic N) is 1. The lowest BCUT2D eigenvalue weighted by atomic mass is 9.89. The minimum Gasteiger partial charge on any atom is -0.467 e. The van der Waals surface area contributed by atoms with Gasteiger partial charge < -0.3 is 4.74 Å². The maximum Gasteiger partial charge on any atom is 0.330 e. The third kappa shape index (κ3) is 2.98. The van der Waals surface area contributed by atoms with E-state index in [4.69, 9.17) is 4.74 Å².